The molecular weight excluding hydrogens is 288 g/mol. The van der Waals surface area contributed by atoms with Gasteiger partial charge in [0.1, 0.15) is 11.5 Å². The molecule has 4 heteroatoms. The highest BCUT2D eigenvalue weighted by atomic mass is 16.7. The largest absolute Gasteiger partial charge is 0.454 e. The molecule has 2 rings (SSSR count). The summed E-state index contributed by atoms with van der Waals surface area (Å²) in [4.78, 5) is 0. The molecule has 0 aromatic heterocycles. The maximum atomic E-state index is 6.11. The molecule has 0 unspecified atom stereocenters. The van der Waals surface area contributed by atoms with E-state index in [0.29, 0.717) is 11.4 Å². The zero-order chi connectivity index (χ0) is 16.9. The van der Waals surface area contributed by atoms with Gasteiger partial charge in [0, 0.05) is 16.8 Å². The Bertz CT molecular complexity index is 559. The van der Waals surface area contributed by atoms with Gasteiger partial charge in [0.2, 0.25) is 6.29 Å². The number of hydrogen-bond acceptors (Lipinski definition) is 4. The normalized spacial score (nSPS) is 11.5. The zero-order valence-electron chi connectivity index (χ0n) is 14.1. The Morgan fingerprint density at radius 2 is 1.22 bits per heavy atom. The maximum Gasteiger partial charge on any atom is 0.246 e. The predicted molar refractivity (Wildman–Crippen MR) is 95.4 cm³/mol. The van der Waals surface area contributed by atoms with Crippen LogP contribution in [0.1, 0.15) is 33.6 Å². The summed E-state index contributed by atoms with van der Waals surface area (Å²) in [5.74, 6) is 1.48. The topological polar surface area (TPSA) is 70.5 Å². The van der Waals surface area contributed by atoms with Crippen LogP contribution in [0.15, 0.2) is 48.5 Å². The van der Waals surface area contributed by atoms with E-state index in [1.54, 1.807) is 0 Å². The molecule has 4 nitrogen and oxygen atoms in total. The van der Waals surface area contributed by atoms with E-state index in [2.05, 4.69) is 20.8 Å². The van der Waals surface area contributed by atoms with E-state index in [0.717, 1.165) is 24.3 Å². The van der Waals surface area contributed by atoms with Crippen molar-refractivity contribution >= 4 is 11.4 Å². The molecule has 0 radical (unpaired) electrons. The van der Waals surface area contributed by atoms with Gasteiger partial charge in [-0.15, -0.1) is 0 Å². The molecule has 0 aliphatic carbocycles. The van der Waals surface area contributed by atoms with Crippen LogP contribution >= 0.6 is 0 Å². The molecule has 124 valence electrons. The third-order valence-corrected chi connectivity index (χ3v) is 3.78. The van der Waals surface area contributed by atoms with Crippen molar-refractivity contribution in [2.75, 3.05) is 11.5 Å². The number of benzene rings is 2. The summed E-state index contributed by atoms with van der Waals surface area (Å²) in [6, 6.07) is 14.7. The number of rotatable bonds is 7. The van der Waals surface area contributed by atoms with Crippen molar-refractivity contribution in [1.82, 2.24) is 0 Å². The summed E-state index contributed by atoms with van der Waals surface area (Å²) in [6.07, 6.45) is 1.64. The van der Waals surface area contributed by atoms with Crippen LogP contribution in [0.5, 0.6) is 11.5 Å². The van der Waals surface area contributed by atoms with Gasteiger partial charge < -0.3 is 20.9 Å². The van der Waals surface area contributed by atoms with Crippen molar-refractivity contribution in [3.05, 3.63) is 48.5 Å². The first kappa shape index (κ1) is 17.0. The lowest BCUT2D eigenvalue weighted by Crippen LogP contribution is -2.39. The van der Waals surface area contributed by atoms with Crippen LogP contribution in [0.2, 0.25) is 0 Å². The Balaban J connectivity index is 2.20. The Kier molecular flexibility index (Phi) is 5.37. The van der Waals surface area contributed by atoms with Gasteiger partial charge in [-0.2, -0.15) is 0 Å². The number of nitrogens with two attached hydrogens (primary N) is 2. The molecule has 0 atom stereocenters. The minimum absolute atomic E-state index is 0.141. The van der Waals surface area contributed by atoms with Crippen molar-refractivity contribution in [3.8, 4) is 11.5 Å². The Hall–Kier alpha value is -2.36. The van der Waals surface area contributed by atoms with E-state index in [-0.39, 0.29) is 5.41 Å². The SMILES string of the molecule is CCCC(C)(C)C(Oc1ccc(N)cc1)Oc1ccc(N)cc1. The quantitative estimate of drug-likeness (QED) is 0.584. The van der Waals surface area contributed by atoms with E-state index in [1.165, 1.54) is 0 Å². The maximum absolute atomic E-state index is 6.11. The molecule has 0 heterocycles. The second kappa shape index (κ2) is 7.27. The summed E-state index contributed by atoms with van der Waals surface area (Å²) in [5.41, 5.74) is 12.7. The zero-order valence-corrected chi connectivity index (χ0v) is 14.1. The highest BCUT2D eigenvalue weighted by molar-refractivity contribution is 5.42. The molecule has 2 aromatic rings. The molecule has 0 saturated heterocycles. The van der Waals surface area contributed by atoms with Crippen molar-refractivity contribution in [1.29, 1.82) is 0 Å². The Morgan fingerprint density at radius 3 is 1.57 bits per heavy atom. The molecule has 4 N–H and O–H groups in total. The van der Waals surface area contributed by atoms with Crippen LogP contribution in [0.4, 0.5) is 11.4 Å². The van der Waals surface area contributed by atoms with Crippen LogP contribution in [0.3, 0.4) is 0 Å². The smallest absolute Gasteiger partial charge is 0.246 e. The predicted octanol–water partition coefficient (Wildman–Crippen LogP) is 4.46. The molecule has 0 aliphatic heterocycles. The molecule has 0 spiro atoms. The van der Waals surface area contributed by atoms with Crippen molar-refractivity contribution < 1.29 is 9.47 Å². The highest BCUT2D eigenvalue weighted by Crippen LogP contribution is 2.32. The fourth-order valence-electron chi connectivity index (χ4n) is 2.45. The molecule has 0 bridgehead atoms. The summed E-state index contributed by atoms with van der Waals surface area (Å²) in [5, 5.41) is 0. The first-order chi connectivity index (χ1) is 10.9. The van der Waals surface area contributed by atoms with Gasteiger partial charge in [-0.1, -0.05) is 27.2 Å². The summed E-state index contributed by atoms with van der Waals surface area (Å²) in [6.45, 7) is 6.46. The van der Waals surface area contributed by atoms with E-state index in [1.807, 2.05) is 48.5 Å². The Morgan fingerprint density at radius 1 is 0.826 bits per heavy atom. The average Bonchev–Trinajstić information content (AvgIpc) is 2.51. The van der Waals surface area contributed by atoms with Gasteiger partial charge in [0.05, 0.1) is 0 Å². The van der Waals surface area contributed by atoms with Crippen LogP contribution in [-0.2, 0) is 0 Å². The average molecular weight is 314 g/mol. The van der Waals surface area contributed by atoms with Crippen LogP contribution in [0.25, 0.3) is 0 Å². The third kappa shape index (κ3) is 4.81. The number of anilines is 2. The van der Waals surface area contributed by atoms with E-state index >= 15 is 0 Å². The minimum atomic E-state index is -0.408. The third-order valence-electron chi connectivity index (χ3n) is 3.78. The van der Waals surface area contributed by atoms with Gasteiger partial charge in [0.15, 0.2) is 0 Å². The van der Waals surface area contributed by atoms with Crippen molar-refractivity contribution in [2.45, 2.75) is 39.9 Å². The number of ether oxygens (including phenoxy) is 2. The van der Waals surface area contributed by atoms with Gasteiger partial charge in [-0.3, -0.25) is 0 Å². The second-order valence-electron chi connectivity index (χ2n) is 6.44. The van der Waals surface area contributed by atoms with Crippen LogP contribution in [0, 0.1) is 5.41 Å². The van der Waals surface area contributed by atoms with Gasteiger partial charge in [-0.25, -0.2) is 0 Å². The lowest BCUT2D eigenvalue weighted by atomic mass is 9.87. The monoisotopic (exact) mass is 314 g/mol. The molecular formula is C19H26N2O2. The van der Waals surface area contributed by atoms with Crippen molar-refractivity contribution in [3.63, 3.8) is 0 Å². The first-order valence-corrected chi connectivity index (χ1v) is 7.95. The highest BCUT2D eigenvalue weighted by Gasteiger charge is 2.32. The standard InChI is InChI=1S/C19H26N2O2/c1-4-13-19(2,3)18(22-16-9-5-14(20)6-10-16)23-17-11-7-15(21)8-12-17/h5-12,18H,4,13,20-21H2,1-3H3. The van der Waals surface area contributed by atoms with Crippen LogP contribution < -0.4 is 20.9 Å². The van der Waals surface area contributed by atoms with Gasteiger partial charge >= 0.3 is 0 Å². The molecule has 0 aliphatic rings. The minimum Gasteiger partial charge on any atom is -0.454 e. The Labute approximate surface area is 138 Å². The lowest BCUT2D eigenvalue weighted by molar-refractivity contribution is -0.0842. The van der Waals surface area contributed by atoms with Crippen LogP contribution in [-0.4, -0.2) is 6.29 Å². The molecule has 0 saturated carbocycles. The summed E-state index contributed by atoms with van der Waals surface area (Å²) in [7, 11) is 0. The van der Waals surface area contributed by atoms with Gasteiger partial charge in [-0.05, 0) is 55.0 Å². The number of nitrogen functional groups attached to an aromatic ring is 2. The summed E-state index contributed by atoms with van der Waals surface area (Å²) >= 11 is 0. The number of hydrogen-bond donors (Lipinski definition) is 2. The molecule has 0 amide bonds. The molecule has 23 heavy (non-hydrogen) atoms. The molecule has 0 fully saturated rings. The summed E-state index contributed by atoms with van der Waals surface area (Å²) < 4.78 is 12.2. The van der Waals surface area contributed by atoms with Crippen molar-refractivity contribution in [2.24, 2.45) is 5.41 Å². The fraction of sp³-hybridized carbons (Fsp3) is 0.368. The molecule has 2 aromatic carbocycles. The van der Waals surface area contributed by atoms with E-state index in [4.69, 9.17) is 20.9 Å². The van der Waals surface area contributed by atoms with E-state index < -0.39 is 6.29 Å². The van der Waals surface area contributed by atoms with Gasteiger partial charge in [0.25, 0.3) is 0 Å². The fourth-order valence-corrected chi connectivity index (χ4v) is 2.45. The lowest BCUT2D eigenvalue weighted by Gasteiger charge is -2.34. The first-order valence-electron chi connectivity index (χ1n) is 7.95. The van der Waals surface area contributed by atoms with E-state index in [9.17, 15) is 0 Å². The second-order valence-corrected chi connectivity index (χ2v) is 6.44.